The molecule has 3 heterocycles. The lowest BCUT2D eigenvalue weighted by Crippen LogP contribution is -2.62. The van der Waals surface area contributed by atoms with E-state index in [1.807, 2.05) is 26.2 Å². The van der Waals surface area contributed by atoms with Gasteiger partial charge in [-0.05, 0) is 90.8 Å². The standard InChI is InChI=1S/C30H38ClN3O4S/c1-17-15-21(39-6)20(26(35)32-17)16-34-14-7-19-22(27(34)36)18(2)24-25(23(19)31)38-28(3,37-24)29-8-11-30(12-9-29,13-10-29)33(4)5/h15H,7-14,16H2,1-6H3,(H,32,35). The third-order valence-corrected chi connectivity index (χ3v) is 11.5. The van der Waals surface area contributed by atoms with Crippen molar-refractivity contribution in [3.8, 4) is 11.5 Å². The first-order chi connectivity index (χ1) is 18.4. The molecule has 1 unspecified atom stereocenters. The minimum Gasteiger partial charge on any atom is -0.448 e. The highest BCUT2D eigenvalue weighted by atomic mass is 35.5. The number of rotatable bonds is 5. The first-order valence-corrected chi connectivity index (χ1v) is 15.5. The normalized spacial score (nSPS) is 29.3. The molecule has 9 heteroatoms. The van der Waals surface area contributed by atoms with E-state index in [4.69, 9.17) is 21.1 Å². The van der Waals surface area contributed by atoms with Crippen LogP contribution in [0.1, 0.15) is 78.2 Å². The van der Waals surface area contributed by atoms with Gasteiger partial charge in [-0.25, -0.2) is 0 Å². The van der Waals surface area contributed by atoms with E-state index >= 15 is 0 Å². The summed E-state index contributed by atoms with van der Waals surface area (Å²) < 4.78 is 13.4. The first kappa shape index (κ1) is 27.0. The number of H-pyrrole nitrogens is 1. The van der Waals surface area contributed by atoms with Crippen LogP contribution >= 0.6 is 23.4 Å². The maximum Gasteiger partial charge on any atom is 0.254 e. The minimum absolute atomic E-state index is 0.0865. The van der Waals surface area contributed by atoms with Crippen molar-refractivity contribution in [3.63, 3.8) is 0 Å². The highest BCUT2D eigenvalue weighted by molar-refractivity contribution is 7.98. The zero-order chi connectivity index (χ0) is 27.9. The molecule has 0 saturated heterocycles. The van der Waals surface area contributed by atoms with Gasteiger partial charge in [-0.15, -0.1) is 11.8 Å². The Hall–Kier alpha value is -2.16. The Bertz CT molecular complexity index is 1410. The average molecular weight is 572 g/mol. The van der Waals surface area contributed by atoms with E-state index in [1.165, 1.54) is 11.8 Å². The average Bonchev–Trinajstić information content (AvgIpc) is 3.30. The number of ether oxygens (including phenoxy) is 2. The number of aromatic amines is 1. The smallest absolute Gasteiger partial charge is 0.254 e. The molecule has 7 rings (SSSR count). The number of benzene rings is 1. The van der Waals surface area contributed by atoms with Gasteiger partial charge in [-0.2, -0.15) is 0 Å². The fraction of sp³-hybridized carbons (Fsp3) is 0.600. The van der Waals surface area contributed by atoms with Gasteiger partial charge >= 0.3 is 0 Å². The zero-order valence-corrected chi connectivity index (χ0v) is 25.3. The highest BCUT2D eigenvalue weighted by Gasteiger charge is 2.62. The van der Waals surface area contributed by atoms with Gasteiger partial charge in [0.25, 0.3) is 17.3 Å². The van der Waals surface area contributed by atoms with Crippen LogP contribution in [-0.2, 0) is 13.0 Å². The van der Waals surface area contributed by atoms with Gasteiger partial charge in [-0.3, -0.25) is 9.59 Å². The van der Waals surface area contributed by atoms with E-state index < -0.39 is 5.79 Å². The Morgan fingerprint density at radius 3 is 2.33 bits per heavy atom. The summed E-state index contributed by atoms with van der Waals surface area (Å²) in [4.78, 5) is 34.6. The molecular formula is C30H38ClN3O4S. The van der Waals surface area contributed by atoms with Gasteiger partial charge in [0.15, 0.2) is 11.5 Å². The molecule has 3 fully saturated rings. The van der Waals surface area contributed by atoms with Crippen LogP contribution in [0.2, 0.25) is 5.02 Å². The number of aromatic nitrogens is 1. The molecule has 0 spiro atoms. The van der Waals surface area contributed by atoms with Crippen molar-refractivity contribution in [1.29, 1.82) is 0 Å². The van der Waals surface area contributed by atoms with Crippen molar-refractivity contribution in [1.82, 2.24) is 14.8 Å². The summed E-state index contributed by atoms with van der Waals surface area (Å²) in [6, 6.07) is 1.96. The molecule has 2 bridgehead atoms. The van der Waals surface area contributed by atoms with E-state index in [0.717, 1.165) is 60.2 Å². The summed E-state index contributed by atoms with van der Waals surface area (Å²) in [5.41, 5.74) is 3.65. The fourth-order valence-electron chi connectivity index (χ4n) is 7.61. The minimum atomic E-state index is -0.822. The SMILES string of the molecule is CSc1cc(C)[nH]c(=O)c1CN1CCc2c(Cl)c3c(c(C)c2C1=O)OC(C)(C12CCC(N(C)C)(CC1)CC2)O3. The molecule has 5 aliphatic rings. The number of pyridine rings is 1. The Morgan fingerprint density at radius 2 is 1.72 bits per heavy atom. The number of thioether (sulfide) groups is 1. The summed E-state index contributed by atoms with van der Waals surface area (Å²) in [5.74, 6) is 0.240. The van der Waals surface area contributed by atoms with Crippen molar-refractivity contribution >= 4 is 29.3 Å². The lowest BCUT2D eigenvalue weighted by atomic mass is 9.54. The molecule has 1 N–H and O–H groups in total. The summed E-state index contributed by atoms with van der Waals surface area (Å²) in [6.45, 7) is 6.61. The number of carbonyl (C=O) groups is 1. The van der Waals surface area contributed by atoms with Crippen LogP contribution < -0.4 is 15.0 Å². The number of aryl methyl sites for hydroxylation is 1. The molecule has 7 nitrogen and oxygen atoms in total. The number of nitrogens with one attached hydrogen (secondary N) is 1. The lowest BCUT2D eigenvalue weighted by molar-refractivity contribution is -0.211. The van der Waals surface area contributed by atoms with Crippen molar-refractivity contribution in [2.24, 2.45) is 5.41 Å². The molecule has 2 aliphatic heterocycles. The van der Waals surface area contributed by atoms with Crippen LogP contribution in [-0.4, -0.2) is 58.9 Å². The van der Waals surface area contributed by atoms with Crippen LogP contribution in [0.15, 0.2) is 15.8 Å². The Labute approximate surface area is 239 Å². The van der Waals surface area contributed by atoms with E-state index in [2.05, 4.69) is 30.9 Å². The molecule has 1 amide bonds. The molecule has 1 aromatic heterocycles. The number of halogens is 1. The number of carbonyl (C=O) groups excluding carboxylic acids is 1. The van der Waals surface area contributed by atoms with E-state index in [9.17, 15) is 9.59 Å². The summed E-state index contributed by atoms with van der Waals surface area (Å²) in [6.07, 6.45) is 9.07. The van der Waals surface area contributed by atoms with Gasteiger partial charge < -0.3 is 24.3 Å². The number of hydrogen-bond acceptors (Lipinski definition) is 6. The van der Waals surface area contributed by atoms with Crippen LogP contribution in [0.25, 0.3) is 0 Å². The Morgan fingerprint density at radius 1 is 1.08 bits per heavy atom. The van der Waals surface area contributed by atoms with Crippen molar-refractivity contribution in [3.05, 3.63) is 49.4 Å². The number of nitrogens with zero attached hydrogens (tertiary/aromatic N) is 2. The van der Waals surface area contributed by atoms with Crippen LogP contribution in [0, 0.1) is 19.3 Å². The predicted octanol–water partition coefficient (Wildman–Crippen LogP) is 5.71. The molecule has 0 radical (unpaired) electrons. The van der Waals surface area contributed by atoms with Crippen molar-refractivity contribution < 1.29 is 14.3 Å². The van der Waals surface area contributed by atoms with E-state index in [0.29, 0.717) is 40.6 Å². The third kappa shape index (κ3) is 3.88. The van der Waals surface area contributed by atoms with Gasteiger partial charge in [0.05, 0.1) is 22.7 Å². The number of amides is 1. The van der Waals surface area contributed by atoms with Crippen molar-refractivity contribution in [2.75, 3.05) is 26.9 Å². The Balaban J connectivity index is 1.32. The van der Waals surface area contributed by atoms with Gasteiger partial charge in [0.1, 0.15) is 0 Å². The molecule has 2 aromatic rings. The predicted molar refractivity (Wildman–Crippen MR) is 154 cm³/mol. The van der Waals surface area contributed by atoms with E-state index in [1.54, 1.807) is 4.90 Å². The summed E-state index contributed by atoms with van der Waals surface area (Å²) in [5, 5.41) is 0.492. The molecule has 1 aromatic carbocycles. The molecule has 3 aliphatic carbocycles. The van der Waals surface area contributed by atoms with Crippen LogP contribution in [0.4, 0.5) is 0 Å². The maximum atomic E-state index is 13.9. The number of hydrogen-bond donors (Lipinski definition) is 1. The lowest BCUT2D eigenvalue weighted by Gasteiger charge is -2.59. The van der Waals surface area contributed by atoms with Gasteiger partial charge in [0.2, 0.25) is 0 Å². The van der Waals surface area contributed by atoms with Crippen LogP contribution in [0.5, 0.6) is 11.5 Å². The van der Waals surface area contributed by atoms with Crippen molar-refractivity contribution in [2.45, 2.75) is 88.5 Å². The van der Waals surface area contributed by atoms with Gasteiger partial charge in [0, 0.05) is 40.6 Å². The van der Waals surface area contributed by atoms with E-state index in [-0.39, 0.29) is 29.0 Å². The topological polar surface area (TPSA) is 74.9 Å². The largest absolute Gasteiger partial charge is 0.448 e. The third-order valence-electron chi connectivity index (χ3n) is 10.3. The first-order valence-electron chi connectivity index (χ1n) is 13.9. The van der Waals surface area contributed by atoms with Gasteiger partial charge in [-0.1, -0.05) is 11.6 Å². The second-order valence-electron chi connectivity index (χ2n) is 12.3. The molecule has 3 saturated carbocycles. The van der Waals surface area contributed by atoms with Crippen LogP contribution in [0.3, 0.4) is 0 Å². The second-order valence-corrected chi connectivity index (χ2v) is 13.5. The maximum absolute atomic E-state index is 13.9. The molecule has 210 valence electrons. The summed E-state index contributed by atoms with van der Waals surface area (Å²) >= 11 is 8.52. The molecular weight excluding hydrogens is 534 g/mol. The molecule has 39 heavy (non-hydrogen) atoms. The zero-order valence-electron chi connectivity index (χ0n) is 23.8. The quantitative estimate of drug-likeness (QED) is 0.464. The number of fused-ring (bicyclic) bond motifs is 5. The molecule has 1 atom stereocenters. The summed E-state index contributed by atoms with van der Waals surface area (Å²) in [7, 11) is 4.40. The highest BCUT2D eigenvalue weighted by Crippen LogP contribution is 2.63. The second kappa shape index (κ2) is 9.18. The fourth-order valence-corrected chi connectivity index (χ4v) is 8.62. The Kier molecular flexibility index (Phi) is 6.36. The monoisotopic (exact) mass is 571 g/mol.